The van der Waals surface area contributed by atoms with Gasteiger partial charge in [-0.25, -0.2) is 0 Å². The minimum Gasteiger partial charge on any atom is -0.269 e. The Balaban J connectivity index is 2.14. The zero-order valence-electron chi connectivity index (χ0n) is 8.67. The molecule has 1 aliphatic rings. The number of alkyl halides is 1. The second-order valence-corrected chi connectivity index (χ2v) is 4.71. The second kappa shape index (κ2) is 4.47. The van der Waals surface area contributed by atoms with Gasteiger partial charge in [0.2, 0.25) is 0 Å². The third-order valence-electron chi connectivity index (χ3n) is 3.11. The van der Waals surface area contributed by atoms with Crippen LogP contribution in [0.15, 0.2) is 6.20 Å². The van der Waals surface area contributed by atoms with Gasteiger partial charge in [-0.15, -0.1) is 0 Å². The van der Waals surface area contributed by atoms with Gasteiger partial charge in [0.15, 0.2) is 0 Å². The lowest BCUT2D eigenvalue weighted by Gasteiger charge is -2.21. The summed E-state index contributed by atoms with van der Waals surface area (Å²) in [5, 5.41) is 5.51. The highest BCUT2D eigenvalue weighted by Crippen LogP contribution is 2.28. The topological polar surface area (TPSA) is 17.8 Å². The van der Waals surface area contributed by atoms with Crippen LogP contribution in [-0.2, 0) is 5.33 Å². The molecule has 0 bridgehead atoms. The zero-order valence-corrected chi connectivity index (χ0v) is 10.3. The summed E-state index contributed by atoms with van der Waals surface area (Å²) in [5.41, 5.74) is 2.50. The van der Waals surface area contributed by atoms with E-state index in [-0.39, 0.29) is 0 Å². The van der Waals surface area contributed by atoms with E-state index in [1.165, 1.54) is 43.4 Å². The summed E-state index contributed by atoms with van der Waals surface area (Å²) in [4.78, 5) is 0. The molecule has 78 valence electrons. The van der Waals surface area contributed by atoms with Crippen LogP contribution in [0, 0.1) is 6.92 Å². The molecule has 1 aromatic heterocycles. The van der Waals surface area contributed by atoms with E-state index in [0.29, 0.717) is 6.04 Å². The van der Waals surface area contributed by atoms with Gasteiger partial charge < -0.3 is 0 Å². The van der Waals surface area contributed by atoms with Crippen LogP contribution in [0.4, 0.5) is 0 Å². The van der Waals surface area contributed by atoms with Crippen LogP contribution in [0.2, 0.25) is 0 Å². The van der Waals surface area contributed by atoms with Crippen molar-refractivity contribution in [2.24, 2.45) is 0 Å². The number of aromatic nitrogens is 2. The molecule has 0 spiro atoms. The minimum atomic E-state index is 0.662. The monoisotopic (exact) mass is 256 g/mol. The van der Waals surface area contributed by atoms with Crippen molar-refractivity contribution in [3.05, 3.63) is 17.5 Å². The van der Waals surface area contributed by atoms with Crippen LogP contribution in [0.3, 0.4) is 0 Å². The van der Waals surface area contributed by atoms with Crippen LogP contribution in [0.25, 0.3) is 0 Å². The third-order valence-corrected chi connectivity index (χ3v) is 3.72. The molecule has 0 unspecified atom stereocenters. The van der Waals surface area contributed by atoms with E-state index in [1.807, 2.05) is 0 Å². The van der Waals surface area contributed by atoms with E-state index in [1.54, 1.807) is 0 Å². The van der Waals surface area contributed by atoms with Gasteiger partial charge in [0.05, 0.1) is 11.7 Å². The Morgan fingerprint density at radius 1 is 1.43 bits per heavy atom. The van der Waals surface area contributed by atoms with Crippen LogP contribution in [0.1, 0.15) is 49.4 Å². The van der Waals surface area contributed by atoms with Gasteiger partial charge in [0.1, 0.15) is 0 Å². The van der Waals surface area contributed by atoms with Gasteiger partial charge in [-0.2, -0.15) is 5.10 Å². The van der Waals surface area contributed by atoms with Crippen molar-refractivity contribution in [2.45, 2.75) is 50.4 Å². The van der Waals surface area contributed by atoms with Crippen molar-refractivity contribution < 1.29 is 0 Å². The predicted octanol–water partition coefficient (Wildman–Crippen LogP) is 3.59. The first-order chi connectivity index (χ1) is 6.81. The molecule has 1 aliphatic carbocycles. The van der Waals surface area contributed by atoms with E-state index in [9.17, 15) is 0 Å². The fourth-order valence-electron chi connectivity index (χ4n) is 2.18. The van der Waals surface area contributed by atoms with E-state index >= 15 is 0 Å². The Morgan fingerprint density at radius 2 is 2.14 bits per heavy atom. The van der Waals surface area contributed by atoms with Crippen LogP contribution in [-0.4, -0.2) is 9.78 Å². The Labute approximate surface area is 93.8 Å². The lowest BCUT2D eigenvalue weighted by Crippen LogP contribution is -2.13. The molecule has 2 nitrogen and oxygen atoms in total. The van der Waals surface area contributed by atoms with Crippen molar-refractivity contribution in [3.8, 4) is 0 Å². The summed E-state index contributed by atoms with van der Waals surface area (Å²) in [7, 11) is 0. The van der Waals surface area contributed by atoms with Crippen LogP contribution < -0.4 is 0 Å². The molecule has 1 aromatic rings. The van der Waals surface area contributed by atoms with Gasteiger partial charge in [0.25, 0.3) is 0 Å². The molecule has 1 heterocycles. The number of hydrogen-bond donors (Lipinski definition) is 0. The highest BCUT2D eigenvalue weighted by molar-refractivity contribution is 9.08. The molecule has 0 saturated heterocycles. The fourth-order valence-corrected chi connectivity index (χ4v) is 2.73. The Bertz CT molecular complexity index is 300. The average Bonchev–Trinajstić information content (AvgIpc) is 2.61. The lowest BCUT2D eigenvalue weighted by molar-refractivity contribution is 0.328. The summed E-state index contributed by atoms with van der Waals surface area (Å²) < 4.78 is 2.19. The summed E-state index contributed by atoms with van der Waals surface area (Å²) in [5.74, 6) is 0. The first-order valence-electron chi connectivity index (χ1n) is 5.42. The molecule has 0 N–H and O–H groups in total. The van der Waals surface area contributed by atoms with Crippen LogP contribution >= 0.6 is 15.9 Å². The highest BCUT2D eigenvalue weighted by atomic mass is 79.9. The van der Waals surface area contributed by atoms with Crippen molar-refractivity contribution in [1.82, 2.24) is 9.78 Å². The molecule has 0 radical (unpaired) electrons. The Hall–Kier alpha value is -0.310. The average molecular weight is 257 g/mol. The molecule has 0 amide bonds. The van der Waals surface area contributed by atoms with Gasteiger partial charge in [-0.05, 0) is 19.8 Å². The molecule has 2 rings (SSSR count). The summed E-state index contributed by atoms with van der Waals surface area (Å²) in [6.07, 6.45) is 8.97. The van der Waals surface area contributed by atoms with E-state index < -0.39 is 0 Å². The fraction of sp³-hybridized carbons (Fsp3) is 0.727. The van der Waals surface area contributed by atoms with Gasteiger partial charge in [-0.1, -0.05) is 35.2 Å². The van der Waals surface area contributed by atoms with Gasteiger partial charge in [0, 0.05) is 17.1 Å². The molecule has 0 atom stereocenters. The molecule has 1 fully saturated rings. The maximum absolute atomic E-state index is 4.59. The molecule has 14 heavy (non-hydrogen) atoms. The molecular weight excluding hydrogens is 240 g/mol. The molecule has 1 saturated carbocycles. The largest absolute Gasteiger partial charge is 0.269 e. The maximum atomic E-state index is 4.59. The van der Waals surface area contributed by atoms with E-state index in [4.69, 9.17) is 0 Å². The zero-order chi connectivity index (χ0) is 9.97. The first kappa shape index (κ1) is 10.2. The molecular formula is C11H17BrN2. The Kier molecular flexibility index (Phi) is 3.26. The molecule has 3 heteroatoms. The second-order valence-electron chi connectivity index (χ2n) is 4.15. The standard InChI is InChI=1S/C11H17BrN2/c1-9-10(7-12)8-14(13-9)11-5-3-2-4-6-11/h8,11H,2-7H2,1H3. The van der Waals surface area contributed by atoms with Crippen molar-refractivity contribution in [3.63, 3.8) is 0 Å². The quantitative estimate of drug-likeness (QED) is 0.740. The lowest BCUT2D eigenvalue weighted by atomic mass is 9.96. The Morgan fingerprint density at radius 3 is 2.71 bits per heavy atom. The predicted molar refractivity (Wildman–Crippen MR) is 61.7 cm³/mol. The highest BCUT2D eigenvalue weighted by Gasteiger charge is 2.16. The van der Waals surface area contributed by atoms with Crippen molar-refractivity contribution in [1.29, 1.82) is 0 Å². The van der Waals surface area contributed by atoms with Gasteiger partial charge >= 0.3 is 0 Å². The minimum absolute atomic E-state index is 0.662. The van der Waals surface area contributed by atoms with Gasteiger partial charge in [-0.3, -0.25) is 4.68 Å². The van der Waals surface area contributed by atoms with Crippen LogP contribution in [0.5, 0.6) is 0 Å². The van der Waals surface area contributed by atoms with E-state index in [2.05, 4.69) is 38.8 Å². The number of nitrogens with zero attached hydrogens (tertiary/aromatic N) is 2. The van der Waals surface area contributed by atoms with Crippen molar-refractivity contribution >= 4 is 15.9 Å². The molecule has 0 aliphatic heterocycles. The smallest absolute Gasteiger partial charge is 0.0634 e. The first-order valence-corrected chi connectivity index (χ1v) is 6.54. The number of halogens is 1. The SMILES string of the molecule is Cc1nn(C2CCCCC2)cc1CBr. The van der Waals surface area contributed by atoms with Crippen molar-refractivity contribution in [2.75, 3.05) is 0 Å². The summed E-state index contributed by atoms with van der Waals surface area (Å²) >= 11 is 3.49. The summed E-state index contributed by atoms with van der Waals surface area (Å²) in [6, 6.07) is 0.662. The number of aryl methyl sites for hydroxylation is 1. The number of rotatable bonds is 2. The van der Waals surface area contributed by atoms with E-state index in [0.717, 1.165) is 5.33 Å². The number of hydrogen-bond acceptors (Lipinski definition) is 1. The normalized spacial score (nSPS) is 18.7. The third kappa shape index (κ3) is 2.02. The molecule has 0 aromatic carbocycles. The maximum Gasteiger partial charge on any atom is 0.0634 e. The summed E-state index contributed by atoms with van der Waals surface area (Å²) in [6.45, 7) is 2.09.